The van der Waals surface area contributed by atoms with E-state index in [2.05, 4.69) is 15.2 Å². The lowest BCUT2D eigenvalue weighted by atomic mass is 10.2. The number of ether oxygens (including phenoxy) is 1. The summed E-state index contributed by atoms with van der Waals surface area (Å²) in [5.41, 5.74) is 6.37. The van der Waals surface area contributed by atoms with E-state index in [4.69, 9.17) is 10.5 Å². The fraction of sp³-hybridized carbons (Fsp3) is 0.556. The molecule has 1 aliphatic rings. The van der Waals surface area contributed by atoms with Crippen LogP contribution in [0.25, 0.3) is 0 Å². The Kier molecular flexibility index (Phi) is 9.14. The third-order valence-corrected chi connectivity index (χ3v) is 3.77. The summed E-state index contributed by atoms with van der Waals surface area (Å²) < 4.78 is 5.40. The van der Waals surface area contributed by atoms with Crippen LogP contribution in [0.5, 0.6) is 0 Å². The number of carbonyl (C=O) groups is 1. The third-order valence-electron chi connectivity index (χ3n) is 3.77. The molecule has 1 fully saturated rings. The number of rotatable bonds is 4. The number of nitrogens with zero attached hydrogens (tertiary/aromatic N) is 3. The van der Waals surface area contributed by atoms with Gasteiger partial charge in [-0.05, 0) is 32.9 Å². The Morgan fingerprint density at radius 1 is 1.19 bits per heavy atom. The summed E-state index contributed by atoms with van der Waals surface area (Å²) in [7, 11) is 0. The van der Waals surface area contributed by atoms with Crippen LogP contribution in [0.2, 0.25) is 0 Å². The van der Waals surface area contributed by atoms with Crippen LogP contribution < -0.4 is 11.1 Å². The average molecular weight is 475 g/mol. The molecule has 0 aliphatic carbocycles. The highest BCUT2D eigenvalue weighted by Gasteiger charge is 2.25. The van der Waals surface area contributed by atoms with Crippen molar-refractivity contribution in [1.82, 2.24) is 9.80 Å². The fourth-order valence-corrected chi connectivity index (χ4v) is 2.50. The maximum atomic E-state index is 12.0. The molecule has 0 bridgehead atoms. The first-order chi connectivity index (χ1) is 11.8. The molecule has 1 saturated heterocycles. The van der Waals surface area contributed by atoms with Gasteiger partial charge < -0.3 is 20.7 Å². The number of guanidine groups is 1. The normalized spacial score (nSPS) is 16.0. The second kappa shape index (κ2) is 10.6. The number of amides is 1. The molecule has 3 N–H and O–H groups in total. The van der Waals surface area contributed by atoms with Crippen molar-refractivity contribution in [3.63, 3.8) is 0 Å². The Hall–Kier alpha value is -1.55. The van der Waals surface area contributed by atoms with Gasteiger partial charge in [-0.1, -0.05) is 18.2 Å². The number of piperazine rings is 1. The highest BCUT2D eigenvalue weighted by Crippen LogP contribution is 2.11. The van der Waals surface area contributed by atoms with E-state index in [0.29, 0.717) is 25.6 Å². The van der Waals surface area contributed by atoms with E-state index >= 15 is 0 Å². The van der Waals surface area contributed by atoms with Gasteiger partial charge in [-0.25, -0.2) is 4.79 Å². The van der Waals surface area contributed by atoms with E-state index in [-0.39, 0.29) is 30.1 Å². The fourth-order valence-electron chi connectivity index (χ4n) is 2.50. The molecule has 1 heterocycles. The predicted molar refractivity (Wildman–Crippen MR) is 116 cm³/mol. The number of aliphatic imine (C=N–C) groups is 1. The monoisotopic (exact) mass is 475 g/mol. The highest BCUT2D eigenvalue weighted by atomic mass is 127. The molecule has 26 heavy (non-hydrogen) atoms. The molecule has 1 aromatic carbocycles. The summed E-state index contributed by atoms with van der Waals surface area (Å²) in [6.45, 7) is 10.1. The lowest BCUT2D eigenvalue weighted by molar-refractivity contribution is 0.0148. The molecule has 2 rings (SSSR count). The summed E-state index contributed by atoms with van der Waals surface area (Å²) in [4.78, 5) is 20.4. The van der Waals surface area contributed by atoms with Crippen LogP contribution in [0.15, 0.2) is 35.3 Å². The van der Waals surface area contributed by atoms with E-state index in [9.17, 15) is 4.79 Å². The van der Waals surface area contributed by atoms with Crippen molar-refractivity contribution in [3.8, 4) is 0 Å². The molecule has 8 heteroatoms. The van der Waals surface area contributed by atoms with Crippen molar-refractivity contribution in [3.05, 3.63) is 30.3 Å². The molecule has 1 aliphatic heterocycles. The van der Waals surface area contributed by atoms with Gasteiger partial charge in [-0.3, -0.25) is 9.89 Å². The molecular weight excluding hydrogens is 445 g/mol. The van der Waals surface area contributed by atoms with Crippen molar-refractivity contribution in [1.29, 1.82) is 0 Å². The maximum absolute atomic E-state index is 12.0. The summed E-state index contributed by atoms with van der Waals surface area (Å²) in [6.07, 6.45) is -0.235. The molecule has 0 atom stereocenters. The van der Waals surface area contributed by atoms with Crippen LogP contribution in [-0.4, -0.2) is 66.7 Å². The van der Waals surface area contributed by atoms with Gasteiger partial charge >= 0.3 is 6.09 Å². The summed E-state index contributed by atoms with van der Waals surface area (Å²) in [6, 6.07) is 9.73. The van der Waals surface area contributed by atoms with Crippen molar-refractivity contribution >= 4 is 41.7 Å². The summed E-state index contributed by atoms with van der Waals surface area (Å²) in [5, 5.41) is 3.06. The molecular formula is C18H30IN5O2. The van der Waals surface area contributed by atoms with Crippen LogP contribution in [-0.2, 0) is 4.74 Å². The van der Waals surface area contributed by atoms with Crippen molar-refractivity contribution < 1.29 is 9.53 Å². The largest absolute Gasteiger partial charge is 0.444 e. The van der Waals surface area contributed by atoms with Gasteiger partial charge in [0.15, 0.2) is 5.96 Å². The second-order valence-corrected chi connectivity index (χ2v) is 7.07. The number of para-hydroxylation sites is 1. The summed E-state index contributed by atoms with van der Waals surface area (Å²) in [5.74, 6) is 0.415. The Morgan fingerprint density at radius 3 is 2.38 bits per heavy atom. The van der Waals surface area contributed by atoms with Gasteiger partial charge in [0.1, 0.15) is 5.60 Å². The molecule has 0 radical (unpaired) electrons. The van der Waals surface area contributed by atoms with Crippen LogP contribution in [0, 0.1) is 0 Å². The minimum Gasteiger partial charge on any atom is -0.444 e. The number of hydrogen-bond donors (Lipinski definition) is 2. The average Bonchev–Trinajstić information content (AvgIpc) is 2.55. The third kappa shape index (κ3) is 8.22. The highest BCUT2D eigenvalue weighted by molar-refractivity contribution is 14.0. The van der Waals surface area contributed by atoms with Crippen molar-refractivity contribution in [2.45, 2.75) is 26.4 Å². The van der Waals surface area contributed by atoms with Crippen LogP contribution >= 0.6 is 24.0 Å². The molecule has 0 spiro atoms. The predicted octanol–water partition coefficient (Wildman–Crippen LogP) is 2.58. The lowest BCUT2D eigenvalue weighted by Crippen LogP contribution is -2.50. The zero-order valence-corrected chi connectivity index (χ0v) is 18.1. The number of benzene rings is 1. The first kappa shape index (κ1) is 22.5. The van der Waals surface area contributed by atoms with Gasteiger partial charge in [0.25, 0.3) is 0 Å². The lowest BCUT2D eigenvalue weighted by Gasteiger charge is -2.35. The number of carbonyl (C=O) groups excluding carboxylic acids is 1. The minimum absolute atomic E-state index is 0. The Morgan fingerprint density at radius 2 is 1.81 bits per heavy atom. The van der Waals surface area contributed by atoms with Gasteiger partial charge in [-0.2, -0.15) is 0 Å². The van der Waals surface area contributed by atoms with Crippen molar-refractivity contribution in [2.24, 2.45) is 10.7 Å². The maximum Gasteiger partial charge on any atom is 0.410 e. The van der Waals surface area contributed by atoms with E-state index < -0.39 is 5.60 Å². The second-order valence-electron chi connectivity index (χ2n) is 7.07. The Labute approximate surface area is 173 Å². The smallest absolute Gasteiger partial charge is 0.410 e. The molecule has 1 amide bonds. The number of nitrogens with two attached hydrogens (primary N) is 1. The van der Waals surface area contributed by atoms with E-state index in [0.717, 1.165) is 25.3 Å². The van der Waals surface area contributed by atoms with Crippen LogP contribution in [0.4, 0.5) is 10.5 Å². The summed E-state index contributed by atoms with van der Waals surface area (Å²) >= 11 is 0. The SMILES string of the molecule is CC(C)(C)OC(=O)N1CCN(CCN=C(N)Nc2ccccc2)CC1.I. The topological polar surface area (TPSA) is 83.2 Å². The molecule has 0 saturated carbocycles. The van der Waals surface area contributed by atoms with Crippen LogP contribution in [0.1, 0.15) is 20.8 Å². The standard InChI is InChI=1S/C18H29N5O2.HI/c1-18(2,3)25-17(24)23-13-11-22(12-14-23)10-9-20-16(19)21-15-7-5-4-6-8-15;/h4-8H,9-14H2,1-3H3,(H3,19,20,21);1H. The zero-order chi connectivity index (χ0) is 18.3. The van der Waals surface area contributed by atoms with Gasteiger partial charge in [-0.15, -0.1) is 24.0 Å². The zero-order valence-electron chi connectivity index (χ0n) is 15.8. The van der Waals surface area contributed by atoms with Gasteiger partial charge in [0.2, 0.25) is 0 Å². The first-order valence-corrected chi connectivity index (χ1v) is 8.66. The van der Waals surface area contributed by atoms with Gasteiger partial charge in [0, 0.05) is 38.4 Å². The molecule has 0 aromatic heterocycles. The molecule has 7 nitrogen and oxygen atoms in total. The quantitative estimate of drug-likeness (QED) is 0.398. The first-order valence-electron chi connectivity index (χ1n) is 8.66. The molecule has 0 unspecified atom stereocenters. The minimum atomic E-state index is -0.452. The van der Waals surface area contributed by atoms with E-state index in [1.165, 1.54) is 0 Å². The molecule has 146 valence electrons. The van der Waals surface area contributed by atoms with Crippen LogP contribution in [0.3, 0.4) is 0 Å². The van der Waals surface area contributed by atoms with Crippen molar-refractivity contribution in [2.75, 3.05) is 44.6 Å². The number of hydrogen-bond acceptors (Lipinski definition) is 4. The number of anilines is 1. The van der Waals surface area contributed by atoms with E-state index in [1.807, 2.05) is 51.1 Å². The Balaban J connectivity index is 0.00000338. The number of nitrogens with one attached hydrogen (secondary N) is 1. The van der Waals surface area contributed by atoms with E-state index in [1.54, 1.807) is 4.90 Å². The molecule has 1 aromatic rings. The van der Waals surface area contributed by atoms with Gasteiger partial charge in [0.05, 0.1) is 6.54 Å². The Bertz CT molecular complexity index is 581. The number of halogens is 1.